The number of nitrogens with two attached hydrogens (primary N) is 2. The Balaban J connectivity index is 0.00000144. The Hall–Kier alpha value is -0.280. The Morgan fingerprint density at radius 2 is 1.94 bits per heavy atom. The van der Waals surface area contributed by atoms with E-state index in [-0.39, 0.29) is 17.8 Å². The topological polar surface area (TPSA) is 52.0 Å². The summed E-state index contributed by atoms with van der Waals surface area (Å²) in [5.41, 5.74) is 13.3. The lowest BCUT2D eigenvalue weighted by Gasteiger charge is -2.39. The zero-order chi connectivity index (χ0) is 11.6. The number of halogens is 2. The molecule has 0 heterocycles. The number of rotatable bonds is 2. The third-order valence-electron chi connectivity index (χ3n) is 3.82. The van der Waals surface area contributed by atoms with Crippen molar-refractivity contribution in [3.63, 3.8) is 0 Å². The molecule has 0 saturated heterocycles. The number of hydrogen-bond acceptors (Lipinski definition) is 2. The zero-order valence-electron chi connectivity index (χ0n) is 9.86. The molecule has 0 bridgehead atoms. The van der Waals surface area contributed by atoms with Gasteiger partial charge in [-0.15, -0.1) is 12.4 Å². The lowest BCUT2D eigenvalue weighted by atomic mass is 9.68. The van der Waals surface area contributed by atoms with Crippen LogP contribution in [0.1, 0.15) is 31.2 Å². The van der Waals surface area contributed by atoms with Crippen molar-refractivity contribution in [2.45, 2.75) is 37.1 Å². The van der Waals surface area contributed by atoms with Gasteiger partial charge in [-0.3, -0.25) is 0 Å². The maximum absolute atomic E-state index is 6.05. The van der Waals surface area contributed by atoms with E-state index in [9.17, 15) is 0 Å². The molecule has 0 amide bonds. The van der Waals surface area contributed by atoms with Crippen molar-refractivity contribution in [2.75, 3.05) is 6.54 Å². The highest BCUT2D eigenvalue weighted by molar-refractivity contribution is 6.30. The average molecular weight is 275 g/mol. The fourth-order valence-corrected chi connectivity index (χ4v) is 2.81. The average Bonchev–Trinajstić information content (AvgIpc) is 2.31. The maximum Gasteiger partial charge on any atom is 0.0408 e. The van der Waals surface area contributed by atoms with Crippen LogP contribution in [-0.4, -0.2) is 12.6 Å². The van der Waals surface area contributed by atoms with Crippen molar-refractivity contribution in [3.8, 4) is 0 Å². The SMILES string of the molecule is Cl.NCC1(c2cccc(Cl)c2)CCC(N)CC1. The van der Waals surface area contributed by atoms with E-state index in [4.69, 9.17) is 23.1 Å². The Morgan fingerprint density at radius 1 is 1.29 bits per heavy atom. The van der Waals surface area contributed by atoms with E-state index in [1.165, 1.54) is 5.56 Å². The van der Waals surface area contributed by atoms with E-state index >= 15 is 0 Å². The summed E-state index contributed by atoms with van der Waals surface area (Å²) in [6.07, 6.45) is 4.27. The fourth-order valence-electron chi connectivity index (χ4n) is 2.62. The molecule has 1 aromatic rings. The van der Waals surface area contributed by atoms with Gasteiger partial charge in [-0.2, -0.15) is 0 Å². The molecule has 0 atom stereocenters. The highest BCUT2D eigenvalue weighted by atomic mass is 35.5. The van der Waals surface area contributed by atoms with Crippen molar-refractivity contribution < 1.29 is 0 Å². The Kier molecular flexibility index (Phi) is 5.26. The lowest BCUT2D eigenvalue weighted by Crippen LogP contribution is -2.42. The van der Waals surface area contributed by atoms with E-state index in [2.05, 4.69) is 6.07 Å². The van der Waals surface area contributed by atoms with Gasteiger partial charge in [-0.25, -0.2) is 0 Å². The summed E-state index contributed by atoms with van der Waals surface area (Å²) in [4.78, 5) is 0. The van der Waals surface area contributed by atoms with Crippen LogP contribution in [0.2, 0.25) is 5.02 Å². The minimum Gasteiger partial charge on any atom is -0.330 e. The molecule has 1 aliphatic rings. The van der Waals surface area contributed by atoms with E-state index in [0.29, 0.717) is 12.6 Å². The van der Waals surface area contributed by atoms with Crippen LogP contribution in [0.5, 0.6) is 0 Å². The molecule has 2 nitrogen and oxygen atoms in total. The first-order chi connectivity index (χ1) is 7.66. The van der Waals surface area contributed by atoms with Gasteiger partial charge in [-0.1, -0.05) is 23.7 Å². The van der Waals surface area contributed by atoms with Crippen molar-refractivity contribution in [1.82, 2.24) is 0 Å². The first kappa shape index (κ1) is 14.8. The molecule has 0 unspecified atom stereocenters. The highest BCUT2D eigenvalue weighted by Crippen LogP contribution is 2.38. The fraction of sp³-hybridized carbons (Fsp3) is 0.538. The summed E-state index contributed by atoms with van der Waals surface area (Å²) in [6, 6.07) is 8.44. The molecule has 0 aliphatic heterocycles. The molecule has 0 aromatic heterocycles. The van der Waals surface area contributed by atoms with Crippen LogP contribution in [-0.2, 0) is 5.41 Å². The molecule has 0 radical (unpaired) electrons. The second kappa shape index (κ2) is 6.05. The Bertz CT molecular complexity index is 360. The largest absolute Gasteiger partial charge is 0.330 e. The Morgan fingerprint density at radius 3 is 2.47 bits per heavy atom. The van der Waals surface area contributed by atoms with Gasteiger partial charge < -0.3 is 11.5 Å². The van der Waals surface area contributed by atoms with Gasteiger partial charge in [0.1, 0.15) is 0 Å². The van der Waals surface area contributed by atoms with E-state index in [0.717, 1.165) is 30.7 Å². The van der Waals surface area contributed by atoms with Crippen molar-refractivity contribution in [3.05, 3.63) is 34.9 Å². The monoisotopic (exact) mass is 274 g/mol. The number of hydrogen-bond donors (Lipinski definition) is 2. The van der Waals surface area contributed by atoms with Crippen LogP contribution in [0, 0.1) is 0 Å². The molecular formula is C13H20Cl2N2. The molecule has 17 heavy (non-hydrogen) atoms. The first-order valence-electron chi connectivity index (χ1n) is 5.88. The normalized spacial score (nSPS) is 28.5. The molecule has 96 valence electrons. The first-order valence-corrected chi connectivity index (χ1v) is 6.26. The van der Waals surface area contributed by atoms with Crippen molar-refractivity contribution >= 4 is 24.0 Å². The van der Waals surface area contributed by atoms with E-state index in [1.807, 2.05) is 18.2 Å². The molecule has 4 N–H and O–H groups in total. The van der Waals surface area contributed by atoms with E-state index in [1.54, 1.807) is 0 Å². The summed E-state index contributed by atoms with van der Waals surface area (Å²) in [5.74, 6) is 0. The third kappa shape index (κ3) is 3.14. The second-order valence-electron chi connectivity index (χ2n) is 4.83. The lowest BCUT2D eigenvalue weighted by molar-refractivity contribution is 0.277. The van der Waals surface area contributed by atoms with Crippen LogP contribution in [0.25, 0.3) is 0 Å². The molecule has 1 saturated carbocycles. The van der Waals surface area contributed by atoms with Crippen LogP contribution in [0.3, 0.4) is 0 Å². The van der Waals surface area contributed by atoms with Gasteiger partial charge in [0.15, 0.2) is 0 Å². The van der Waals surface area contributed by atoms with Gasteiger partial charge in [-0.05, 0) is 43.4 Å². The van der Waals surface area contributed by atoms with Crippen LogP contribution in [0.15, 0.2) is 24.3 Å². The quantitative estimate of drug-likeness (QED) is 0.872. The predicted molar refractivity (Wildman–Crippen MR) is 75.9 cm³/mol. The Labute approximate surface area is 114 Å². The zero-order valence-corrected chi connectivity index (χ0v) is 11.4. The maximum atomic E-state index is 6.05. The van der Waals surface area contributed by atoms with Crippen LogP contribution in [0.4, 0.5) is 0 Å². The van der Waals surface area contributed by atoms with Gasteiger partial charge in [0.05, 0.1) is 0 Å². The van der Waals surface area contributed by atoms with Crippen LogP contribution < -0.4 is 11.5 Å². The molecule has 0 spiro atoms. The van der Waals surface area contributed by atoms with Crippen molar-refractivity contribution in [2.24, 2.45) is 11.5 Å². The predicted octanol–water partition coefficient (Wildman–Crippen LogP) is 2.86. The third-order valence-corrected chi connectivity index (χ3v) is 4.05. The molecule has 2 rings (SSSR count). The molecular weight excluding hydrogens is 255 g/mol. The molecule has 4 heteroatoms. The summed E-state index contributed by atoms with van der Waals surface area (Å²) >= 11 is 6.05. The van der Waals surface area contributed by atoms with Crippen molar-refractivity contribution in [1.29, 1.82) is 0 Å². The van der Waals surface area contributed by atoms with Gasteiger partial charge in [0.2, 0.25) is 0 Å². The highest BCUT2D eigenvalue weighted by Gasteiger charge is 2.34. The summed E-state index contributed by atoms with van der Waals surface area (Å²) < 4.78 is 0. The summed E-state index contributed by atoms with van der Waals surface area (Å²) in [6.45, 7) is 0.681. The number of benzene rings is 1. The minimum atomic E-state index is 0. The smallest absolute Gasteiger partial charge is 0.0408 e. The summed E-state index contributed by atoms with van der Waals surface area (Å²) in [5, 5.41) is 0.792. The summed E-state index contributed by atoms with van der Waals surface area (Å²) in [7, 11) is 0. The second-order valence-corrected chi connectivity index (χ2v) is 5.27. The van der Waals surface area contributed by atoms with Gasteiger partial charge in [0, 0.05) is 23.0 Å². The van der Waals surface area contributed by atoms with E-state index < -0.39 is 0 Å². The standard InChI is InChI=1S/C13H19ClN2.ClH/c14-11-3-1-2-10(8-11)13(9-15)6-4-12(16)5-7-13;/h1-3,8,12H,4-7,9,15-16H2;1H. The minimum absolute atomic E-state index is 0. The van der Waals surface area contributed by atoms with Gasteiger partial charge >= 0.3 is 0 Å². The molecule has 1 fully saturated rings. The molecule has 1 aliphatic carbocycles. The van der Waals surface area contributed by atoms with Crippen LogP contribution >= 0.6 is 24.0 Å². The molecule has 1 aromatic carbocycles. The van der Waals surface area contributed by atoms with Gasteiger partial charge in [0.25, 0.3) is 0 Å².